The largest absolute Gasteiger partial charge is 0.457 e. The summed E-state index contributed by atoms with van der Waals surface area (Å²) < 4.78 is 5.84. The lowest BCUT2D eigenvalue weighted by atomic mass is 9.94. The first-order valence-corrected chi connectivity index (χ1v) is 10.5. The fourth-order valence-electron chi connectivity index (χ4n) is 3.69. The second-order valence-corrected chi connectivity index (χ2v) is 7.48. The van der Waals surface area contributed by atoms with E-state index >= 15 is 0 Å². The van der Waals surface area contributed by atoms with Gasteiger partial charge in [-0.05, 0) is 48.9 Å². The molecule has 0 saturated carbocycles. The summed E-state index contributed by atoms with van der Waals surface area (Å²) in [6.45, 7) is 6.04. The minimum absolute atomic E-state index is 0.0432. The zero-order valence-corrected chi connectivity index (χ0v) is 18.4. The Morgan fingerprint density at radius 2 is 1.88 bits per heavy atom. The SMILES string of the molecule is C=CC(=O)N(CCC)C1NN(c2ccc(Oc3ccccc3)cc2)C1(N)CC(=O)NNC. The van der Waals surface area contributed by atoms with E-state index in [0.717, 1.165) is 17.9 Å². The fraction of sp³-hybridized carbons (Fsp3) is 0.304. The summed E-state index contributed by atoms with van der Waals surface area (Å²) in [7, 11) is 1.60. The Kier molecular flexibility index (Phi) is 7.47. The van der Waals surface area contributed by atoms with Crippen molar-refractivity contribution in [2.45, 2.75) is 31.6 Å². The van der Waals surface area contributed by atoms with E-state index in [0.29, 0.717) is 12.3 Å². The van der Waals surface area contributed by atoms with Crippen molar-refractivity contribution in [3.63, 3.8) is 0 Å². The van der Waals surface area contributed by atoms with Crippen molar-refractivity contribution in [2.24, 2.45) is 5.73 Å². The Labute approximate surface area is 188 Å². The number of rotatable bonds is 10. The molecule has 2 unspecified atom stereocenters. The molecule has 2 amide bonds. The molecule has 5 N–H and O–H groups in total. The topological polar surface area (TPSA) is 112 Å². The standard InChI is InChI=1S/C23H30N6O3/c1-4-15-28(21(31)5-2)22-23(24,16-20(30)26-25-3)29(27-22)17-11-13-19(14-12-17)32-18-9-7-6-8-10-18/h5-14,22,25,27H,2,4,15-16,24H2,1,3H3,(H,26,30). The fourth-order valence-corrected chi connectivity index (χ4v) is 3.69. The zero-order valence-electron chi connectivity index (χ0n) is 18.4. The monoisotopic (exact) mass is 438 g/mol. The number of nitrogens with zero attached hydrogens (tertiary/aromatic N) is 2. The van der Waals surface area contributed by atoms with Crippen molar-refractivity contribution in [1.29, 1.82) is 0 Å². The van der Waals surface area contributed by atoms with Crippen LogP contribution in [-0.2, 0) is 9.59 Å². The van der Waals surface area contributed by atoms with Crippen LogP contribution in [0.15, 0.2) is 67.3 Å². The maximum absolute atomic E-state index is 12.5. The number of anilines is 1. The van der Waals surface area contributed by atoms with E-state index in [1.807, 2.05) is 61.5 Å². The van der Waals surface area contributed by atoms with Gasteiger partial charge < -0.3 is 15.4 Å². The van der Waals surface area contributed by atoms with Gasteiger partial charge in [-0.2, -0.15) is 0 Å². The molecule has 1 heterocycles. The summed E-state index contributed by atoms with van der Waals surface area (Å²) in [6.07, 6.45) is 1.38. The van der Waals surface area contributed by atoms with Gasteiger partial charge in [-0.15, -0.1) is 0 Å². The van der Waals surface area contributed by atoms with Crippen LogP contribution in [0.3, 0.4) is 0 Å². The molecule has 2 atom stereocenters. The molecule has 1 saturated heterocycles. The summed E-state index contributed by atoms with van der Waals surface area (Å²) in [5, 5.41) is 1.71. The first-order chi connectivity index (χ1) is 15.4. The Balaban J connectivity index is 1.83. The average Bonchev–Trinajstić information content (AvgIpc) is 2.79. The minimum Gasteiger partial charge on any atom is -0.457 e. The first kappa shape index (κ1) is 23.3. The van der Waals surface area contributed by atoms with Crippen LogP contribution < -0.4 is 31.8 Å². The number of hydrogen-bond donors (Lipinski definition) is 4. The molecule has 3 rings (SSSR count). The molecule has 0 aliphatic carbocycles. The van der Waals surface area contributed by atoms with Gasteiger partial charge in [0.25, 0.3) is 0 Å². The van der Waals surface area contributed by atoms with Gasteiger partial charge in [0.1, 0.15) is 23.3 Å². The molecule has 0 bridgehead atoms. The molecule has 170 valence electrons. The predicted octanol–water partition coefficient (Wildman–Crippen LogP) is 1.85. The van der Waals surface area contributed by atoms with E-state index in [2.05, 4.69) is 22.9 Å². The Morgan fingerprint density at radius 3 is 2.47 bits per heavy atom. The number of hydrogen-bond acceptors (Lipinski definition) is 7. The second-order valence-electron chi connectivity index (χ2n) is 7.48. The Hall–Kier alpha value is -3.40. The van der Waals surface area contributed by atoms with Crippen molar-refractivity contribution >= 4 is 17.5 Å². The molecule has 2 aromatic rings. The van der Waals surface area contributed by atoms with E-state index in [4.69, 9.17) is 10.5 Å². The zero-order chi connectivity index (χ0) is 23.1. The van der Waals surface area contributed by atoms with Gasteiger partial charge in [0, 0.05) is 13.6 Å². The normalized spacial score (nSPS) is 19.6. The summed E-state index contributed by atoms with van der Waals surface area (Å²) in [6, 6.07) is 16.8. The molecule has 9 nitrogen and oxygen atoms in total. The predicted molar refractivity (Wildman–Crippen MR) is 123 cm³/mol. The van der Waals surface area contributed by atoms with Gasteiger partial charge >= 0.3 is 0 Å². The van der Waals surface area contributed by atoms with Gasteiger partial charge in [0.05, 0.1) is 12.1 Å². The van der Waals surface area contributed by atoms with Crippen LogP contribution >= 0.6 is 0 Å². The first-order valence-electron chi connectivity index (χ1n) is 10.5. The van der Waals surface area contributed by atoms with Crippen LogP contribution in [0, 0.1) is 0 Å². The number of benzene rings is 2. The number of ether oxygens (including phenoxy) is 1. The Bertz CT molecular complexity index is 937. The van der Waals surface area contributed by atoms with Crippen LogP contribution in [-0.4, -0.2) is 42.1 Å². The lowest BCUT2D eigenvalue weighted by Gasteiger charge is -2.60. The average molecular weight is 439 g/mol. The molecule has 1 aliphatic heterocycles. The smallest absolute Gasteiger partial charge is 0.247 e. The van der Waals surface area contributed by atoms with E-state index < -0.39 is 11.8 Å². The molecule has 1 fully saturated rings. The third kappa shape index (κ3) is 4.91. The number of hydrazine groups is 2. The maximum Gasteiger partial charge on any atom is 0.247 e. The molecule has 0 radical (unpaired) electrons. The summed E-state index contributed by atoms with van der Waals surface area (Å²) in [5.41, 5.74) is 14.7. The van der Waals surface area contributed by atoms with Crippen molar-refractivity contribution in [2.75, 3.05) is 18.6 Å². The highest BCUT2D eigenvalue weighted by Gasteiger charge is 2.55. The van der Waals surface area contributed by atoms with Crippen LogP contribution in [0.1, 0.15) is 19.8 Å². The summed E-state index contributed by atoms with van der Waals surface area (Å²) in [5.74, 6) is 0.858. The molecular formula is C23H30N6O3. The maximum atomic E-state index is 12.5. The van der Waals surface area contributed by atoms with Crippen LogP contribution in [0.5, 0.6) is 11.5 Å². The molecule has 2 aromatic carbocycles. The molecule has 32 heavy (non-hydrogen) atoms. The highest BCUT2D eigenvalue weighted by molar-refractivity contribution is 5.88. The van der Waals surface area contributed by atoms with Crippen LogP contribution in [0.2, 0.25) is 0 Å². The van der Waals surface area contributed by atoms with Crippen molar-refractivity contribution in [1.82, 2.24) is 21.2 Å². The lowest BCUT2D eigenvalue weighted by molar-refractivity contribution is -0.138. The van der Waals surface area contributed by atoms with Gasteiger partial charge in [-0.25, -0.2) is 10.9 Å². The highest BCUT2D eigenvalue weighted by Crippen LogP contribution is 2.35. The van der Waals surface area contributed by atoms with Crippen LogP contribution in [0.4, 0.5) is 5.69 Å². The van der Waals surface area contributed by atoms with Gasteiger partial charge in [0.15, 0.2) is 0 Å². The van der Waals surface area contributed by atoms with E-state index in [1.165, 1.54) is 6.08 Å². The molecule has 0 aromatic heterocycles. The van der Waals surface area contributed by atoms with Crippen molar-refractivity contribution in [3.05, 3.63) is 67.3 Å². The highest BCUT2D eigenvalue weighted by atomic mass is 16.5. The quantitative estimate of drug-likeness (QED) is 0.331. The van der Waals surface area contributed by atoms with Gasteiger partial charge in [0.2, 0.25) is 11.8 Å². The van der Waals surface area contributed by atoms with E-state index in [1.54, 1.807) is 17.0 Å². The number of nitrogens with two attached hydrogens (primary N) is 1. The minimum atomic E-state index is -1.17. The number of carbonyl (C=O) groups is 2. The summed E-state index contributed by atoms with van der Waals surface area (Å²) >= 11 is 0. The summed E-state index contributed by atoms with van der Waals surface area (Å²) in [4.78, 5) is 26.5. The van der Waals surface area contributed by atoms with Crippen molar-refractivity contribution < 1.29 is 14.3 Å². The van der Waals surface area contributed by atoms with Crippen LogP contribution in [0.25, 0.3) is 0 Å². The van der Waals surface area contributed by atoms with Gasteiger partial charge in [-0.3, -0.25) is 20.0 Å². The number of amides is 2. The molecule has 9 heteroatoms. The molecule has 1 aliphatic rings. The third-order valence-corrected chi connectivity index (χ3v) is 5.16. The Morgan fingerprint density at radius 1 is 1.22 bits per heavy atom. The number of nitrogens with one attached hydrogen (secondary N) is 3. The second kappa shape index (κ2) is 10.3. The van der Waals surface area contributed by atoms with E-state index in [9.17, 15) is 9.59 Å². The molecular weight excluding hydrogens is 408 g/mol. The number of para-hydroxylation sites is 1. The van der Waals surface area contributed by atoms with Gasteiger partial charge in [-0.1, -0.05) is 31.7 Å². The lowest BCUT2D eigenvalue weighted by Crippen LogP contribution is -2.88. The van der Waals surface area contributed by atoms with Crippen molar-refractivity contribution in [3.8, 4) is 11.5 Å². The number of carbonyl (C=O) groups excluding carboxylic acids is 2. The third-order valence-electron chi connectivity index (χ3n) is 5.16. The van der Waals surface area contributed by atoms with E-state index in [-0.39, 0.29) is 18.2 Å². The molecule has 0 spiro atoms.